The zero-order valence-electron chi connectivity index (χ0n) is 12.3. The van der Waals surface area contributed by atoms with Gasteiger partial charge in [0.2, 0.25) is 5.71 Å². The molecule has 0 aliphatic heterocycles. The lowest BCUT2D eigenvalue weighted by Gasteiger charge is -2.10. The Morgan fingerprint density at radius 2 is 2.35 bits per heavy atom. The number of nitro benzene ring substituents is 1. The van der Waals surface area contributed by atoms with E-state index in [9.17, 15) is 10.1 Å². The molecule has 0 amide bonds. The first-order valence-corrected chi connectivity index (χ1v) is 7.38. The van der Waals surface area contributed by atoms with Gasteiger partial charge in [-0.3, -0.25) is 20.9 Å². The standard InChI is InChI=1S/C13H15BrN6O3/c1-2-3-4-23-12-6-9(11(20(21)22)5-8(12)14)18-19-10(7-15)13(16)17/h5-6,18H,2-4H2,1H3,(H3,16,17)/b19-10+. The van der Waals surface area contributed by atoms with Gasteiger partial charge in [0, 0.05) is 12.1 Å². The third kappa shape index (κ3) is 5.23. The zero-order valence-corrected chi connectivity index (χ0v) is 13.9. The minimum atomic E-state index is -0.599. The fraction of sp³-hybridized carbons (Fsp3) is 0.308. The second-order valence-corrected chi connectivity index (χ2v) is 5.21. The second kappa shape index (κ2) is 8.70. The molecule has 1 rings (SSSR count). The van der Waals surface area contributed by atoms with Crippen LogP contribution in [0.4, 0.5) is 11.4 Å². The Labute approximate surface area is 140 Å². The number of halogens is 1. The molecule has 0 aliphatic rings. The Hall–Kier alpha value is -2.67. The number of hydrogen-bond acceptors (Lipinski definition) is 7. The van der Waals surface area contributed by atoms with Crippen LogP contribution in [0.15, 0.2) is 21.7 Å². The molecule has 0 atom stereocenters. The molecule has 0 radical (unpaired) electrons. The van der Waals surface area contributed by atoms with Crippen molar-refractivity contribution < 1.29 is 9.66 Å². The Bertz CT molecular complexity index is 683. The zero-order chi connectivity index (χ0) is 17.4. The van der Waals surface area contributed by atoms with E-state index < -0.39 is 10.8 Å². The fourth-order valence-electron chi connectivity index (χ4n) is 1.48. The van der Waals surface area contributed by atoms with Crippen molar-refractivity contribution in [3.63, 3.8) is 0 Å². The number of anilines is 1. The van der Waals surface area contributed by atoms with Gasteiger partial charge in [-0.1, -0.05) is 13.3 Å². The van der Waals surface area contributed by atoms with Crippen molar-refractivity contribution in [1.82, 2.24) is 0 Å². The highest BCUT2D eigenvalue weighted by molar-refractivity contribution is 9.10. The Balaban J connectivity index is 3.16. The highest BCUT2D eigenvalue weighted by Crippen LogP contribution is 2.36. The van der Waals surface area contributed by atoms with Gasteiger partial charge in [-0.2, -0.15) is 10.4 Å². The summed E-state index contributed by atoms with van der Waals surface area (Å²) >= 11 is 3.22. The van der Waals surface area contributed by atoms with Crippen LogP contribution in [0.25, 0.3) is 0 Å². The van der Waals surface area contributed by atoms with Crippen molar-refractivity contribution in [2.75, 3.05) is 12.0 Å². The lowest BCUT2D eigenvalue weighted by atomic mass is 10.2. The van der Waals surface area contributed by atoms with Crippen LogP contribution < -0.4 is 15.9 Å². The van der Waals surface area contributed by atoms with Gasteiger partial charge in [-0.15, -0.1) is 0 Å². The van der Waals surface area contributed by atoms with E-state index in [1.54, 1.807) is 6.07 Å². The SMILES string of the molecule is CCCCOc1cc(N/N=C(\C#N)C(=N)N)c([N+](=O)[O-])cc1Br. The topological polar surface area (TPSA) is 150 Å². The monoisotopic (exact) mass is 382 g/mol. The Morgan fingerprint density at radius 1 is 1.65 bits per heavy atom. The average molecular weight is 383 g/mol. The molecule has 23 heavy (non-hydrogen) atoms. The molecule has 10 heteroatoms. The van der Waals surface area contributed by atoms with Crippen molar-refractivity contribution in [1.29, 1.82) is 10.7 Å². The second-order valence-electron chi connectivity index (χ2n) is 4.36. The van der Waals surface area contributed by atoms with Gasteiger partial charge in [-0.05, 0) is 22.4 Å². The van der Waals surface area contributed by atoms with E-state index in [1.807, 2.05) is 6.92 Å². The number of hydrogen-bond donors (Lipinski definition) is 3. The summed E-state index contributed by atoms with van der Waals surface area (Å²) in [5.41, 5.74) is 6.94. The number of nitrogens with zero attached hydrogens (tertiary/aromatic N) is 3. The van der Waals surface area contributed by atoms with Gasteiger partial charge >= 0.3 is 0 Å². The molecule has 4 N–H and O–H groups in total. The number of rotatable bonds is 8. The number of nitriles is 1. The largest absolute Gasteiger partial charge is 0.492 e. The molecular formula is C13H15BrN6O3. The Morgan fingerprint density at radius 3 is 2.87 bits per heavy atom. The smallest absolute Gasteiger partial charge is 0.295 e. The molecule has 122 valence electrons. The van der Waals surface area contributed by atoms with E-state index in [0.29, 0.717) is 16.8 Å². The van der Waals surface area contributed by atoms with Crippen LogP contribution in [-0.4, -0.2) is 23.1 Å². The number of nitrogens with one attached hydrogen (secondary N) is 2. The first-order valence-electron chi connectivity index (χ1n) is 6.59. The van der Waals surface area contributed by atoms with Gasteiger partial charge in [0.15, 0.2) is 5.84 Å². The highest BCUT2D eigenvalue weighted by Gasteiger charge is 2.18. The van der Waals surface area contributed by atoms with Crippen molar-refractivity contribution in [3.05, 3.63) is 26.7 Å². The van der Waals surface area contributed by atoms with Crippen molar-refractivity contribution in [2.45, 2.75) is 19.8 Å². The summed E-state index contributed by atoms with van der Waals surface area (Å²) in [5, 5.41) is 30.7. The molecular weight excluding hydrogens is 368 g/mol. The van der Waals surface area contributed by atoms with E-state index >= 15 is 0 Å². The number of benzene rings is 1. The van der Waals surface area contributed by atoms with E-state index in [-0.39, 0.29) is 17.1 Å². The van der Waals surface area contributed by atoms with E-state index in [4.69, 9.17) is 21.1 Å². The predicted molar refractivity (Wildman–Crippen MR) is 89.8 cm³/mol. The van der Waals surface area contributed by atoms with Crippen LogP contribution in [0.3, 0.4) is 0 Å². The van der Waals surface area contributed by atoms with Crippen LogP contribution in [0.5, 0.6) is 5.75 Å². The van der Waals surface area contributed by atoms with Gasteiger partial charge in [0.1, 0.15) is 17.5 Å². The lowest BCUT2D eigenvalue weighted by Crippen LogP contribution is -2.22. The van der Waals surface area contributed by atoms with Crippen molar-refractivity contribution in [3.8, 4) is 11.8 Å². The number of nitro groups is 1. The molecule has 0 heterocycles. The number of hydrazone groups is 1. The summed E-state index contributed by atoms with van der Waals surface area (Å²) < 4.78 is 5.98. The quantitative estimate of drug-likeness (QED) is 0.206. The molecule has 0 saturated carbocycles. The summed E-state index contributed by atoms with van der Waals surface area (Å²) in [6, 6.07) is 4.29. The van der Waals surface area contributed by atoms with Crippen LogP contribution in [-0.2, 0) is 0 Å². The first-order chi connectivity index (χ1) is 10.9. The van der Waals surface area contributed by atoms with E-state index in [0.717, 1.165) is 12.8 Å². The molecule has 0 unspecified atom stereocenters. The highest BCUT2D eigenvalue weighted by atomic mass is 79.9. The maximum absolute atomic E-state index is 11.1. The normalized spacial score (nSPS) is 10.7. The van der Waals surface area contributed by atoms with Crippen molar-refractivity contribution >= 4 is 38.9 Å². The van der Waals surface area contributed by atoms with Crippen LogP contribution in [0, 0.1) is 26.9 Å². The average Bonchev–Trinajstić information content (AvgIpc) is 2.49. The first kappa shape index (κ1) is 18.4. The third-order valence-electron chi connectivity index (χ3n) is 2.65. The fourth-order valence-corrected chi connectivity index (χ4v) is 1.93. The minimum Gasteiger partial charge on any atom is -0.492 e. The molecule has 9 nitrogen and oxygen atoms in total. The molecule has 0 aromatic heterocycles. The summed E-state index contributed by atoms with van der Waals surface area (Å²) in [4.78, 5) is 10.5. The third-order valence-corrected chi connectivity index (χ3v) is 3.27. The maximum Gasteiger partial charge on any atom is 0.295 e. The number of amidine groups is 1. The van der Waals surface area contributed by atoms with Crippen LogP contribution in [0.2, 0.25) is 0 Å². The minimum absolute atomic E-state index is 0.0266. The van der Waals surface area contributed by atoms with Gasteiger partial charge < -0.3 is 10.5 Å². The van der Waals surface area contributed by atoms with Crippen molar-refractivity contribution in [2.24, 2.45) is 10.8 Å². The molecule has 0 saturated heterocycles. The Kier molecular flexibility index (Phi) is 6.95. The summed E-state index contributed by atoms with van der Waals surface area (Å²) in [5.74, 6) is -0.137. The van der Waals surface area contributed by atoms with E-state index in [1.165, 1.54) is 12.1 Å². The van der Waals surface area contributed by atoms with Crippen LogP contribution >= 0.6 is 15.9 Å². The predicted octanol–water partition coefficient (Wildman–Crippen LogP) is 2.76. The molecule has 0 aliphatic carbocycles. The number of nitrogens with two attached hydrogens (primary N) is 1. The molecule has 1 aromatic carbocycles. The maximum atomic E-state index is 11.1. The summed E-state index contributed by atoms with van der Waals surface area (Å²) in [7, 11) is 0. The van der Waals surface area contributed by atoms with Crippen LogP contribution in [0.1, 0.15) is 19.8 Å². The van der Waals surface area contributed by atoms with E-state index in [2.05, 4.69) is 26.5 Å². The number of ether oxygens (including phenoxy) is 1. The van der Waals surface area contributed by atoms with Gasteiger partial charge in [0.25, 0.3) is 5.69 Å². The van der Waals surface area contributed by atoms with Gasteiger partial charge in [0.05, 0.1) is 16.0 Å². The van der Waals surface area contributed by atoms with Gasteiger partial charge in [-0.25, -0.2) is 0 Å². The summed E-state index contributed by atoms with van der Waals surface area (Å²) in [6.45, 7) is 2.48. The molecule has 0 bridgehead atoms. The molecule has 0 spiro atoms. The molecule has 0 fully saturated rings. The summed E-state index contributed by atoms with van der Waals surface area (Å²) in [6.07, 6.45) is 1.79. The lowest BCUT2D eigenvalue weighted by molar-refractivity contribution is -0.384. The molecule has 1 aromatic rings. The number of unbranched alkanes of at least 4 members (excludes halogenated alkanes) is 1.